The van der Waals surface area contributed by atoms with Gasteiger partial charge in [0.1, 0.15) is 12.4 Å². The van der Waals surface area contributed by atoms with Crippen LogP contribution in [0.1, 0.15) is 36.0 Å². The maximum absolute atomic E-state index is 13.0. The minimum absolute atomic E-state index is 0.0645. The molecular weight excluding hydrogens is 344 g/mol. The van der Waals surface area contributed by atoms with Crippen LogP contribution in [-0.2, 0) is 9.47 Å². The van der Waals surface area contributed by atoms with E-state index in [4.69, 9.17) is 14.2 Å². The number of hydrogen-bond donors (Lipinski definition) is 0. The number of benzene rings is 1. The van der Waals surface area contributed by atoms with Crippen LogP contribution in [0.15, 0.2) is 24.3 Å². The normalized spacial score (nSPS) is 26.4. The summed E-state index contributed by atoms with van der Waals surface area (Å²) in [5, 5.41) is 0. The van der Waals surface area contributed by atoms with Crippen molar-refractivity contribution in [2.24, 2.45) is 0 Å². The van der Waals surface area contributed by atoms with Crippen LogP contribution in [0, 0.1) is 0 Å². The van der Waals surface area contributed by atoms with E-state index in [0.29, 0.717) is 24.0 Å². The predicted molar refractivity (Wildman–Crippen MR) is 102 cm³/mol. The molecule has 3 aliphatic heterocycles. The molecule has 0 N–H and O–H groups in total. The molecular formula is C21H30N2O4. The van der Waals surface area contributed by atoms with Crippen molar-refractivity contribution in [3.63, 3.8) is 0 Å². The van der Waals surface area contributed by atoms with Gasteiger partial charge in [-0.2, -0.15) is 0 Å². The molecule has 0 bridgehead atoms. The summed E-state index contributed by atoms with van der Waals surface area (Å²) < 4.78 is 17.3. The van der Waals surface area contributed by atoms with E-state index in [9.17, 15) is 4.79 Å². The zero-order valence-corrected chi connectivity index (χ0v) is 16.0. The van der Waals surface area contributed by atoms with Crippen molar-refractivity contribution in [3.8, 4) is 5.75 Å². The van der Waals surface area contributed by atoms with E-state index >= 15 is 0 Å². The number of nitrogens with zero attached hydrogens (tertiary/aromatic N) is 2. The van der Waals surface area contributed by atoms with Crippen molar-refractivity contribution in [3.05, 3.63) is 29.8 Å². The number of amides is 1. The highest BCUT2D eigenvalue weighted by Crippen LogP contribution is 2.23. The predicted octanol–water partition coefficient (Wildman–Crippen LogP) is 2.18. The van der Waals surface area contributed by atoms with E-state index in [1.807, 2.05) is 29.2 Å². The average Bonchev–Trinajstić information content (AvgIpc) is 3.41. The van der Waals surface area contributed by atoms with Gasteiger partial charge in [-0.3, -0.25) is 9.69 Å². The van der Waals surface area contributed by atoms with Crippen LogP contribution in [-0.4, -0.2) is 80.5 Å². The summed E-state index contributed by atoms with van der Waals surface area (Å²) in [6.07, 6.45) is 4.97. The molecule has 3 saturated heterocycles. The maximum Gasteiger partial charge on any atom is 0.257 e. The van der Waals surface area contributed by atoms with Crippen molar-refractivity contribution in [1.82, 2.24) is 9.80 Å². The third-order valence-corrected chi connectivity index (χ3v) is 5.71. The van der Waals surface area contributed by atoms with Crippen molar-refractivity contribution in [2.75, 3.05) is 52.5 Å². The van der Waals surface area contributed by atoms with Gasteiger partial charge in [-0.05, 0) is 37.8 Å². The fourth-order valence-electron chi connectivity index (χ4n) is 4.11. The van der Waals surface area contributed by atoms with Crippen LogP contribution in [0.2, 0.25) is 0 Å². The average molecular weight is 374 g/mol. The Kier molecular flexibility index (Phi) is 6.27. The van der Waals surface area contributed by atoms with Gasteiger partial charge in [0.25, 0.3) is 5.91 Å². The molecule has 0 aromatic heterocycles. The standard InChI is InChI=1S/C21H30N2O4/c24-21(23-11-9-22(10-12-23)15-17-5-3-13-25-17)19-7-1-2-8-20(19)27-16-18-6-4-14-26-18/h1-2,7-8,17-18H,3-6,9-16H2. The molecule has 1 aromatic carbocycles. The quantitative estimate of drug-likeness (QED) is 0.764. The lowest BCUT2D eigenvalue weighted by molar-refractivity contribution is 0.0426. The third kappa shape index (κ3) is 4.81. The van der Waals surface area contributed by atoms with E-state index in [0.717, 1.165) is 65.2 Å². The summed E-state index contributed by atoms with van der Waals surface area (Å²) in [6, 6.07) is 7.57. The zero-order chi connectivity index (χ0) is 18.5. The number of ether oxygens (including phenoxy) is 3. The van der Waals surface area contributed by atoms with Gasteiger partial charge in [-0.15, -0.1) is 0 Å². The Morgan fingerprint density at radius 1 is 1.00 bits per heavy atom. The molecule has 0 spiro atoms. The minimum atomic E-state index is 0.0645. The van der Waals surface area contributed by atoms with Crippen LogP contribution < -0.4 is 4.74 Å². The fourth-order valence-corrected chi connectivity index (χ4v) is 4.11. The Balaban J connectivity index is 1.31. The van der Waals surface area contributed by atoms with E-state index < -0.39 is 0 Å². The summed E-state index contributed by atoms with van der Waals surface area (Å²) in [5.74, 6) is 0.731. The summed E-state index contributed by atoms with van der Waals surface area (Å²) in [7, 11) is 0. The molecule has 3 heterocycles. The molecule has 148 valence electrons. The molecule has 3 aliphatic rings. The molecule has 6 heteroatoms. The van der Waals surface area contributed by atoms with Gasteiger partial charge in [-0.25, -0.2) is 0 Å². The highest BCUT2D eigenvalue weighted by atomic mass is 16.5. The highest BCUT2D eigenvalue weighted by molar-refractivity contribution is 5.97. The summed E-state index contributed by atoms with van der Waals surface area (Å²) in [5.41, 5.74) is 0.656. The molecule has 27 heavy (non-hydrogen) atoms. The smallest absolute Gasteiger partial charge is 0.257 e. The maximum atomic E-state index is 13.0. The molecule has 3 fully saturated rings. The number of carbonyl (C=O) groups excluding carboxylic acids is 1. The van der Waals surface area contributed by atoms with Crippen LogP contribution in [0.3, 0.4) is 0 Å². The number of para-hydroxylation sites is 1. The van der Waals surface area contributed by atoms with Gasteiger partial charge < -0.3 is 19.1 Å². The van der Waals surface area contributed by atoms with Crippen LogP contribution in [0.25, 0.3) is 0 Å². The Labute approximate surface area is 161 Å². The van der Waals surface area contributed by atoms with Crippen molar-refractivity contribution in [1.29, 1.82) is 0 Å². The number of rotatable bonds is 6. The number of carbonyl (C=O) groups is 1. The molecule has 1 amide bonds. The number of hydrogen-bond acceptors (Lipinski definition) is 5. The first-order valence-electron chi connectivity index (χ1n) is 10.3. The summed E-state index contributed by atoms with van der Waals surface area (Å²) >= 11 is 0. The Morgan fingerprint density at radius 2 is 1.70 bits per heavy atom. The molecule has 0 aliphatic carbocycles. The second-order valence-corrected chi connectivity index (χ2v) is 7.67. The van der Waals surface area contributed by atoms with E-state index in [1.165, 1.54) is 6.42 Å². The van der Waals surface area contributed by atoms with Gasteiger partial charge in [0, 0.05) is 45.9 Å². The lowest BCUT2D eigenvalue weighted by Gasteiger charge is -2.36. The first-order valence-corrected chi connectivity index (χ1v) is 10.3. The molecule has 4 rings (SSSR count). The Hall–Kier alpha value is -1.63. The van der Waals surface area contributed by atoms with Crippen LogP contribution in [0.5, 0.6) is 5.75 Å². The van der Waals surface area contributed by atoms with Crippen molar-refractivity contribution < 1.29 is 19.0 Å². The van der Waals surface area contributed by atoms with Crippen molar-refractivity contribution >= 4 is 5.91 Å². The minimum Gasteiger partial charge on any atom is -0.490 e. The number of piperazine rings is 1. The molecule has 6 nitrogen and oxygen atoms in total. The lowest BCUT2D eigenvalue weighted by atomic mass is 10.1. The van der Waals surface area contributed by atoms with Crippen molar-refractivity contribution in [2.45, 2.75) is 37.9 Å². The van der Waals surface area contributed by atoms with Gasteiger partial charge >= 0.3 is 0 Å². The van der Waals surface area contributed by atoms with Gasteiger partial charge in [0.05, 0.1) is 17.8 Å². The summed E-state index contributed by atoms with van der Waals surface area (Å²) in [4.78, 5) is 17.4. The molecule has 1 aromatic rings. The zero-order valence-electron chi connectivity index (χ0n) is 16.0. The monoisotopic (exact) mass is 374 g/mol. The summed E-state index contributed by atoms with van der Waals surface area (Å²) in [6.45, 7) is 6.53. The molecule has 2 atom stereocenters. The SMILES string of the molecule is O=C(c1ccccc1OCC1CCCO1)N1CCN(CC2CCCO2)CC1. The molecule has 0 radical (unpaired) electrons. The molecule has 2 unspecified atom stereocenters. The lowest BCUT2D eigenvalue weighted by Crippen LogP contribution is -2.50. The van der Waals surface area contributed by atoms with Gasteiger partial charge in [-0.1, -0.05) is 12.1 Å². The largest absolute Gasteiger partial charge is 0.490 e. The van der Waals surface area contributed by atoms with E-state index in [2.05, 4.69) is 4.90 Å². The third-order valence-electron chi connectivity index (χ3n) is 5.71. The van der Waals surface area contributed by atoms with Crippen LogP contribution >= 0.6 is 0 Å². The first kappa shape index (κ1) is 18.7. The van der Waals surface area contributed by atoms with Gasteiger partial charge in [0.2, 0.25) is 0 Å². The first-order chi connectivity index (χ1) is 13.3. The fraction of sp³-hybridized carbons (Fsp3) is 0.667. The second-order valence-electron chi connectivity index (χ2n) is 7.67. The van der Waals surface area contributed by atoms with E-state index in [1.54, 1.807) is 0 Å². The van der Waals surface area contributed by atoms with Crippen LogP contribution in [0.4, 0.5) is 0 Å². The Bertz CT molecular complexity index is 618. The Morgan fingerprint density at radius 3 is 2.41 bits per heavy atom. The second kappa shape index (κ2) is 9.04. The van der Waals surface area contributed by atoms with E-state index in [-0.39, 0.29) is 12.0 Å². The van der Waals surface area contributed by atoms with Gasteiger partial charge in [0.15, 0.2) is 0 Å². The topological polar surface area (TPSA) is 51.2 Å². The molecule has 0 saturated carbocycles. The highest BCUT2D eigenvalue weighted by Gasteiger charge is 2.27.